The molecular weight excluding hydrogens is 545 g/mol. The van der Waals surface area contributed by atoms with Crippen LogP contribution in [0.5, 0.6) is 17.2 Å². The van der Waals surface area contributed by atoms with Crippen molar-refractivity contribution in [2.24, 2.45) is 4.99 Å². The van der Waals surface area contributed by atoms with Crippen LogP contribution in [0.2, 0.25) is 0 Å². The summed E-state index contributed by atoms with van der Waals surface area (Å²) in [4.78, 5) is 32.8. The van der Waals surface area contributed by atoms with E-state index in [2.05, 4.69) is 17.2 Å². The Labute approximate surface area is 242 Å². The van der Waals surface area contributed by atoms with Gasteiger partial charge in [-0.25, -0.2) is 9.38 Å². The maximum atomic E-state index is 13.5. The van der Waals surface area contributed by atoms with Gasteiger partial charge in [0.25, 0.3) is 0 Å². The Morgan fingerprint density at radius 3 is 2.61 bits per heavy atom. The number of nitrogens with zero attached hydrogens (tertiary/aromatic N) is 2. The highest BCUT2D eigenvalue weighted by atomic mass is 32.2. The highest BCUT2D eigenvalue weighted by Crippen LogP contribution is 2.35. The number of halogens is 1. The molecule has 0 radical (unpaired) electrons. The van der Waals surface area contributed by atoms with Gasteiger partial charge in [0.15, 0.2) is 16.7 Å². The first-order valence-corrected chi connectivity index (χ1v) is 14.6. The third kappa shape index (κ3) is 7.58. The van der Waals surface area contributed by atoms with Crippen LogP contribution in [0.15, 0.2) is 71.7 Å². The zero-order chi connectivity index (χ0) is 28.6. The third-order valence-electron chi connectivity index (χ3n) is 6.65. The van der Waals surface area contributed by atoms with Crippen molar-refractivity contribution in [3.63, 3.8) is 0 Å². The van der Waals surface area contributed by atoms with Crippen LogP contribution in [0, 0.1) is 5.82 Å². The van der Waals surface area contributed by atoms with E-state index in [-0.39, 0.29) is 37.4 Å². The molecule has 2 heterocycles. The third-order valence-corrected chi connectivity index (χ3v) is 7.84. The number of aliphatic imine (C=N–C) groups is 1. The Morgan fingerprint density at radius 2 is 1.83 bits per heavy atom. The van der Waals surface area contributed by atoms with Gasteiger partial charge < -0.3 is 19.5 Å². The van der Waals surface area contributed by atoms with Crippen LogP contribution in [0.1, 0.15) is 44.6 Å². The van der Waals surface area contributed by atoms with Gasteiger partial charge in [-0.1, -0.05) is 44.0 Å². The summed E-state index contributed by atoms with van der Waals surface area (Å²) in [6, 6.07) is 18.4. The van der Waals surface area contributed by atoms with E-state index in [1.54, 1.807) is 23.1 Å². The van der Waals surface area contributed by atoms with Crippen LogP contribution in [0.4, 0.5) is 15.8 Å². The predicted molar refractivity (Wildman–Crippen MR) is 157 cm³/mol. The predicted octanol–water partition coefficient (Wildman–Crippen LogP) is 6.67. The SMILES string of the molecule is CCCCCCOc1ccc(NC(=O)C2CC(=O)N(Cc3ccc4c(c3)OCO4)C(=Nc3ccc(F)cc3)S2)cc1. The van der Waals surface area contributed by atoms with E-state index in [9.17, 15) is 14.0 Å². The van der Waals surface area contributed by atoms with E-state index in [0.29, 0.717) is 34.6 Å². The van der Waals surface area contributed by atoms with Crippen molar-refractivity contribution in [1.82, 2.24) is 4.90 Å². The number of ether oxygens (including phenoxy) is 3. The molecule has 0 saturated carbocycles. The Balaban J connectivity index is 1.27. The molecule has 0 bridgehead atoms. The van der Waals surface area contributed by atoms with Gasteiger partial charge in [0.05, 0.1) is 18.8 Å². The van der Waals surface area contributed by atoms with Crippen molar-refractivity contribution in [2.75, 3.05) is 18.7 Å². The lowest BCUT2D eigenvalue weighted by Gasteiger charge is -2.32. The Hall–Kier alpha value is -4.05. The monoisotopic (exact) mass is 577 g/mol. The summed E-state index contributed by atoms with van der Waals surface area (Å²) in [5.41, 5.74) is 1.91. The molecule has 1 fully saturated rings. The first-order valence-electron chi connectivity index (χ1n) is 13.7. The molecule has 1 N–H and O–H groups in total. The van der Waals surface area contributed by atoms with E-state index in [4.69, 9.17) is 14.2 Å². The highest BCUT2D eigenvalue weighted by molar-refractivity contribution is 8.15. The van der Waals surface area contributed by atoms with Gasteiger partial charge in [0.2, 0.25) is 18.6 Å². The summed E-state index contributed by atoms with van der Waals surface area (Å²) in [5.74, 6) is 1.08. The van der Waals surface area contributed by atoms with Crippen molar-refractivity contribution in [3.05, 3.63) is 78.1 Å². The van der Waals surface area contributed by atoms with E-state index in [0.717, 1.165) is 24.2 Å². The topological polar surface area (TPSA) is 89.5 Å². The molecule has 2 amide bonds. The fraction of sp³-hybridized carbons (Fsp3) is 0.323. The molecule has 0 spiro atoms. The normalized spacial score (nSPS) is 17.1. The molecule has 2 aliphatic rings. The second-order valence-electron chi connectivity index (χ2n) is 9.77. The summed E-state index contributed by atoms with van der Waals surface area (Å²) in [6.07, 6.45) is 4.53. The van der Waals surface area contributed by atoms with Crippen LogP contribution in [0.25, 0.3) is 0 Å². The molecule has 3 aromatic rings. The number of amides is 2. The fourth-order valence-corrected chi connectivity index (χ4v) is 5.52. The number of carbonyl (C=O) groups is 2. The lowest BCUT2D eigenvalue weighted by Crippen LogP contribution is -2.44. The van der Waals surface area contributed by atoms with E-state index >= 15 is 0 Å². The van der Waals surface area contributed by atoms with Gasteiger partial charge in [-0.2, -0.15) is 0 Å². The Bertz CT molecular complexity index is 1400. The second kappa shape index (κ2) is 13.5. The Morgan fingerprint density at radius 1 is 1.05 bits per heavy atom. The number of rotatable bonds is 11. The molecule has 0 aromatic heterocycles. The minimum atomic E-state index is -0.691. The lowest BCUT2D eigenvalue weighted by atomic mass is 10.1. The summed E-state index contributed by atoms with van der Waals surface area (Å²) >= 11 is 1.20. The van der Waals surface area contributed by atoms with E-state index in [1.165, 1.54) is 48.9 Å². The van der Waals surface area contributed by atoms with Crippen LogP contribution in [0.3, 0.4) is 0 Å². The van der Waals surface area contributed by atoms with Crippen molar-refractivity contribution in [1.29, 1.82) is 0 Å². The number of hydrogen-bond donors (Lipinski definition) is 1. The Kier molecular flexibility index (Phi) is 9.40. The smallest absolute Gasteiger partial charge is 0.238 e. The molecule has 1 unspecified atom stereocenters. The highest BCUT2D eigenvalue weighted by Gasteiger charge is 2.36. The molecule has 8 nitrogen and oxygen atoms in total. The minimum Gasteiger partial charge on any atom is -0.494 e. The molecule has 3 aromatic carbocycles. The summed E-state index contributed by atoms with van der Waals surface area (Å²) in [5, 5.41) is 2.58. The van der Waals surface area contributed by atoms with Gasteiger partial charge in [0.1, 0.15) is 16.8 Å². The maximum Gasteiger partial charge on any atom is 0.238 e. The molecular formula is C31H32FN3O5S. The number of hydrogen-bond acceptors (Lipinski definition) is 7. The van der Waals surface area contributed by atoms with Gasteiger partial charge in [-0.05, 0) is 72.6 Å². The largest absolute Gasteiger partial charge is 0.494 e. The van der Waals surface area contributed by atoms with E-state index in [1.807, 2.05) is 24.3 Å². The van der Waals surface area contributed by atoms with Crippen molar-refractivity contribution < 1.29 is 28.2 Å². The molecule has 1 saturated heterocycles. The van der Waals surface area contributed by atoms with Gasteiger partial charge in [-0.3, -0.25) is 14.5 Å². The number of thioether (sulfide) groups is 1. The number of unbranched alkanes of at least 4 members (excludes halogenated alkanes) is 3. The fourth-order valence-electron chi connectivity index (χ4n) is 4.42. The zero-order valence-corrected chi connectivity index (χ0v) is 23.6. The average molecular weight is 578 g/mol. The first-order chi connectivity index (χ1) is 20.0. The van der Waals surface area contributed by atoms with Gasteiger partial charge >= 0.3 is 0 Å². The van der Waals surface area contributed by atoms with Crippen LogP contribution in [-0.2, 0) is 16.1 Å². The van der Waals surface area contributed by atoms with Gasteiger partial charge in [-0.15, -0.1) is 0 Å². The number of benzene rings is 3. The number of amidine groups is 1. The first kappa shape index (κ1) is 28.5. The molecule has 10 heteroatoms. The van der Waals surface area contributed by atoms with Crippen LogP contribution >= 0.6 is 11.8 Å². The number of carbonyl (C=O) groups excluding carboxylic acids is 2. The molecule has 1 atom stereocenters. The molecule has 5 rings (SSSR count). The van der Waals surface area contributed by atoms with Gasteiger partial charge in [0, 0.05) is 12.1 Å². The summed E-state index contributed by atoms with van der Waals surface area (Å²) < 4.78 is 30.2. The van der Waals surface area contributed by atoms with Crippen LogP contribution in [-0.4, -0.2) is 40.5 Å². The van der Waals surface area contributed by atoms with Crippen molar-refractivity contribution in [3.8, 4) is 17.2 Å². The number of anilines is 1. The van der Waals surface area contributed by atoms with E-state index < -0.39 is 5.25 Å². The number of fused-ring (bicyclic) bond motifs is 1. The lowest BCUT2D eigenvalue weighted by molar-refractivity contribution is -0.129. The second-order valence-corrected chi connectivity index (χ2v) is 10.9. The van der Waals surface area contributed by atoms with Crippen LogP contribution < -0.4 is 19.5 Å². The summed E-state index contributed by atoms with van der Waals surface area (Å²) in [6.45, 7) is 3.22. The van der Waals surface area contributed by atoms with Crippen molar-refractivity contribution >= 4 is 40.1 Å². The standard InChI is InChI=1S/C31H32FN3O5S/c1-2-3-4-5-16-38-25-13-11-23(12-14-25)33-30(37)28-18-29(36)35(19-21-6-15-26-27(17-21)40-20-39-26)31(41-28)34-24-9-7-22(32)8-10-24/h6-15,17,28H,2-5,16,18-20H2,1H3,(H,33,37). The van der Waals surface area contributed by atoms with Crippen molar-refractivity contribution in [2.45, 2.75) is 50.8 Å². The molecule has 41 heavy (non-hydrogen) atoms. The molecule has 214 valence electrons. The quantitative estimate of drug-likeness (QED) is 0.256. The molecule has 2 aliphatic heterocycles. The molecule has 0 aliphatic carbocycles. The minimum absolute atomic E-state index is 0.00242. The number of nitrogens with one attached hydrogen (secondary N) is 1. The average Bonchev–Trinajstić information content (AvgIpc) is 3.45. The maximum absolute atomic E-state index is 13.5. The zero-order valence-electron chi connectivity index (χ0n) is 22.8. The summed E-state index contributed by atoms with van der Waals surface area (Å²) in [7, 11) is 0.